The summed E-state index contributed by atoms with van der Waals surface area (Å²) in [7, 11) is 0. The lowest BCUT2D eigenvalue weighted by Crippen LogP contribution is -2.38. The van der Waals surface area contributed by atoms with Gasteiger partial charge in [0, 0.05) is 81.3 Å². The van der Waals surface area contributed by atoms with Crippen LogP contribution in [0.5, 0.6) is 0 Å². The Hall–Kier alpha value is -14.8. The quantitative estimate of drug-likeness (QED) is 0.112. The van der Waals surface area contributed by atoms with Crippen LogP contribution in [0.25, 0.3) is 110 Å². The summed E-state index contributed by atoms with van der Waals surface area (Å²) >= 11 is 1.90. The van der Waals surface area contributed by atoms with Gasteiger partial charge in [0.05, 0.1) is 33.6 Å². The summed E-state index contributed by atoms with van der Waals surface area (Å²) < 4.78 is 9.48. The first kappa shape index (κ1) is 71.0. The van der Waals surface area contributed by atoms with Crippen LogP contribution in [0.3, 0.4) is 0 Å². The topological polar surface area (TPSA) is 97.0 Å². The lowest BCUT2D eigenvalue weighted by molar-refractivity contribution is 0.642. The molecule has 22 rings (SSSR count). The van der Waals surface area contributed by atoms with Crippen molar-refractivity contribution in [1.82, 2.24) is 29.9 Å². The van der Waals surface area contributed by atoms with E-state index in [1.807, 2.05) is 139 Å². The number of hydrogen-bond acceptors (Lipinski definition) is 10. The lowest BCUT2D eigenvalue weighted by Gasteiger charge is -2.46. The van der Waals surface area contributed by atoms with E-state index in [-0.39, 0.29) is 0 Å². The summed E-state index contributed by atoms with van der Waals surface area (Å²) in [4.78, 5) is 34.7. The Morgan fingerprint density at radius 1 is 0.271 bits per heavy atom. The number of nitrogens with zero attached hydrogens (tertiary/aromatic N) is 8. The van der Waals surface area contributed by atoms with E-state index in [0.29, 0.717) is 40.9 Å². The Morgan fingerprint density at radius 3 is 1.05 bits per heavy atom. The zero-order chi connectivity index (χ0) is 78.8. The molecule has 9 nitrogen and oxygen atoms in total. The van der Waals surface area contributed by atoms with Crippen LogP contribution < -0.4 is 9.80 Å². The molecule has 6 heterocycles. The fraction of sp³-hybridized carbons (Fsp3) is 0.0556. The normalized spacial score (nSPS) is 13.1. The maximum atomic E-state index is 6.86. The molecule has 0 aliphatic carbocycles. The molecule has 16 aromatic carbocycles. The van der Waals surface area contributed by atoms with Crippen LogP contribution in [0.1, 0.15) is 75.4 Å². The van der Waals surface area contributed by atoms with Crippen molar-refractivity contribution in [3.8, 4) is 68.3 Å². The van der Waals surface area contributed by atoms with Gasteiger partial charge in [0.2, 0.25) is 0 Å². The second kappa shape index (κ2) is 29.5. The van der Waals surface area contributed by atoms with Crippen molar-refractivity contribution in [2.45, 2.75) is 37.5 Å². The van der Waals surface area contributed by atoms with Crippen LogP contribution in [0.15, 0.2) is 405 Å². The first-order valence-corrected chi connectivity index (χ1v) is 41.0. The zero-order valence-electron chi connectivity index (χ0n) is 65.1. The van der Waals surface area contributed by atoms with E-state index < -0.39 is 10.8 Å². The molecule has 0 spiro atoms. The molecule has 0 radical (unpaired) electrons. The fourth-order valence-corrected chi connectivity index (χ4v) is 19.4. The highest BCUT2D eigenvalue weighted by atomic mass is 32.1. The standard InChI is InChI=1S/C55H40N4S.C53H36N4O/c1-36(2)37-28-32-41(33-29-37)55(47-24-15-21-44-43-20-9-14-27-50(43)60-51(44)47)45-22-10-12-25-48(45)59(49-26-13-11-23-46(49)55)42-34-30-40(31-35-42)54-57-52(38-16-5-3-6-17-38)56-53(58-54)39-18-7-4-8-19-39;1-35-17-8-10-24-42(35)53(45-27-16-23-41-40-22-9-15-30-48(40)58-49(41)45)43-25-11-13-28-46(43)57(47-29-14-12-26-44(47)53)39-33-31-38(32-34-39)52-55-50(36-18-4-2-5-19-36)54-51(56-52)37-20-6-3-7-21-37/h3-36H,1-2H3;2-34H,1H3. The van der Waals surface area contributed by atoms with Gasteiger partial charge in [-0.2, -0.15) is 0 Å². The number of aryl methyl sites for hydroxylation is 1. The molecule has 4 aromatic heterocycles. The van der Waals surface area contributed by atoms with Gasteiger partial charge in [0.15, 0.2) is 34.9 Å². The molecule has 0 amide bonds. The van der Waals surface area contributed by atoms with Gasteiger partial charge in [0.1, 0.15) is 11.2 Å². The van der Waals surface area contributed by atoms with E-state index in [9.17, 15) is 0 Å². The molecule has 118 heavy (non-hydrogen) atoms. The maximum Gasteiger partial charge on any atom is 0.164 e. The van der Waals surface area contributed by atoms with Gasteiger partial charge in [0.25, 0.3) is 0 Å². The van der Waals surface area contributed by atoms with E-state index in [0.717, 1.165) is 95.0 Å². The summed E-state index contributed by atoms with van der Waals surface area (Å²) in [5.74, 6) is 4.25. The van der Waals surface area contributed by atoms with Crippen LogP contribution in [-0.2, 0) is 10.8 Å². The van der Waals surface area contributed by atoms with E-state index in [4.69, 9.17) is 34.3 Å². The van der Waals surface area contributed by atoms with Gasteiger partial charge in [-0.3, -0.25) is 0 Å². The fourth-order valence-electron chi connectivity index (χ4n) is 18.1. The number of fused-ring (bicyclic) bond motifs is 10. The van der Waals surface area contributed by atoms with Crippen molar-refractivity contribution in [3.05, 3.63) is 456 Å². The smallest absolute Gasteiger partial charge is 0.164 e. The van der Waals surface area contributed by atoms with Gasteiger partial charge < -0.3 is 14.2 Å². The number of hydrogen-bond donors (Lipinski definition) is 0. The monoisotopic (exact) mass is 1530 g/mol. The van der Waals surface area contributed by atoms with Crippen molar-refractivity contribution in [2.75, 3.05) is 9.80 Å². The van der Waals surface area contributed by atoms with Crippen molar-refractivity contribution in [2.24, 2.45) is 0 Å². The number of para-hydroxylation sites is 6. The summed E-state index contributed by atoms with van der Waals surface area (Å²) in [6.07, 6.45) is 0. The van der Waals surface area contributed by atoms with E-state index in [1.165, 1.54) is 70.2 Å². The minimum Gasteiger partial charge on any atom is -0.456 e. The minimum atomic E-state index is -0.699. The molecular weight excluding hydrogens is 1460 g/mol. The second-order valence-electron chi connectivity index (χ2n) is 30.6. The first-order valence-electron chi connectivity index (χ1n) is 40.2. The van der Waals surface area contributed by atoms with Crippen molar-refractivity contribution in [3.63, 3.8) is 0 Å². The molecule has 0 atom stereocenters. The summed E-state index contributed by atoms with van der Waals surface area (Å²) in [6.45, 7) is 6.75. The predicted molar refractivity (Wildman–Crippen MR) is 484 cm³/mol. The van der Waals surface area contributed by atoms with Gasteiger partial charge in [-0.15, -0.1) is 11.3 Å². The number of rotatable bonds is 13. The Bertz CT molecular complexity index is 6960. The average Bonchev–Trinajstić information content (AvgIpc) is 1.07. The molecule has 2 aliphatic heterocycles. The largest absolute Gasteiger partial charge is 0.456 e. The lowest BCUT2D eigenvalue weighted by atomic mass is 9.61. The summed E-state index contributed by atoms with van der Waals surface area (Å²) in [6, 6.07) is 142. The van der Waals surface area contributed by atoms with Gasteiger partial charge in [-0.25, -0.2) is 29.9 Å². The highest BCUT2D eigenvalue weighted by Crippen LogP contribution is 2.62. The third-order valence-electron chi connectivity index (χ3n) is 23.5. The Kier molecular flexibility index (Phi) is 17.8. The number of benzene rings is 16. The molecule has 0 N–H and O–H groups in total. The molecule has 0 saturated heterocycles. The van der Waals surface area contributed by atoms with Crippen LogP contribution >= 0.6 is 11.3 Å². The van der Waals surface area contributed by atoms with Crippen molar-refractivity contribution in [1.29, 1.82) is 0 Å². The third kappa shape index (κ3) is 11.9. The summed E-state index contributed by atoms with van der Waals surface area (Å²) in [5, 5.41) is 4.82. The van der Waals surface area contributed by atoms with Crippen molar-refractivity contribution >= 4 is 87.6 Å². The molecule has 0 saturated carbocycles. The molecule has 20 aromatic rings. The Labute approximate surface area is 688 Å². The molecule has 560 valence electrons. The highest BCUT2D eigenvalue weighted by molar-refractivity contribution is 7.26. The first-order chi connectivity index (χ1) is 58.3. The molecule has 0 fully saturated rings. The number of anilines is 6. The molecule has 0 bridgehead atoms. The van der Waals surface area contributed by atoms with Crippen LogP contribution in [0.2, 0.25) is 0 Å². The van der Waals surface area contributed by atoms with Crippen LogP contribution in [0.4, 0.5) is 34.1 Å². The van der Waals surface area contributed by atoms with Crippen LogP contribution in [-0.4, -0.2) is 29.9 Å². The molecule has 0 unspecified atom stereocenters. The Balaban J connectivity index is 0.000000147. The predicted octanol–water partition coefficient (Wildman–Crippen LogP) is 27.8. The van der Waals surface area contributed by atoms with Gasteiger partial charge in [-0.05, 0) is 148 Å². The van der Waals surface area contributed by atoms with Gasteiger partial charge in [-0.1, -0.05) is 329 Å². The van der Waals surface area contributed by atoms with E-state index >= 15 is 0 Å². The molecule has 2 aliphatic rings. The zero-order valence-corrected chi connectivity index (χ0v) is 65.9. The number of furan rings is 1. The van der Waals surface area contributed by atoms with E-state index in [2.05, 4.69) is 304 Å². The minimum absolute atomic E-state index is 0.429. The Morgan fingerprint density at radius 2 is 0.610 bits per heavy atom. The highest BCUT2D eigenvalue weighted by Gasteiger charge is 2.50. The maximum absolute atomic E-state index is 6.86. The SMILES string of the molecule is CC(C)c1ccc(C2(c3cccc4c3sc3ccccc34)c3ccccc3N(c3ccc(-c4nc(-c5ccccc5)nc(-c5ccccc5)n4)cc3)c3ccccc32)cc1.Cc1ccccc1C1(c2cccc3c2oc2ccccc23)c2ccccc2N(c2ccc(-c3nc(-c4ccccc4)nc(-c4ccccc4)n3)cc2)c2ccccc21. The number of thiophene rings is 1. The molecular formula is C108H76N8OS. The third-order valence-corrected chi connectivity index (χ3v) is 24.8. The summed E-state index contributed by atoms with van der Waals surface area (Å²) in [5.41, 5.74) is 24.9. The molecule has 10 heteroatoms. The average molecular weight is 1530 g/mol. The second-order valence-corrected chi connectivity index (χ2v) is 31.6. The van der Waals surface area contributed by atoms with Gasteiger partial charge >= 0.3 is 0 Å². The number of aromatic nitrogens is 6. The van der Waals surface area contributed by atoms with Crippen molar-refractivity contribution < 1.29 is 4.42 Å². The van der Waals surface area contributed by atoms with Crippen LogP contribution in [0, 0.1) is 6.92 Å². The van der Waals surface area contributed by atoms with E-state index in [1.54, 1.807) is 0 Å².